The first-order valence-corrected chi connectivity index (χ1v) is 7.02. The quantitative estimate of drug-likeness (QED) is 0.696. The molecule has 0 saturated heterocycles. The molecule has 0 aliphatic rings. The van der Waals surface area contributed by atoms with Gasteiger partial charge < -0.3 is 15.2 Å². The van der Waals surface area contributed by atoms with E-state index >= 15 is 0 Å². The molecule has 0 unspecified atom stereocenters. The van der Waals surface area contributed by atoms with Gasteiger partial charge >= 0.3 is 0 Å². The molecule has 1 aromatic heterocycles. The zero-order valence-electron chi connectivity index (χ0n) is 12.2. The Balaban J connectivity index is 2.47. The first-order valence-electron chi connectivity index (χ1n) is 7.02. The summed E-state index contributed by atoms with van der Waals surface area (Å²) in [5, 5.41) is 0. The smallest absolute Gasteiger partial charge is 0.221 e. The van der Waals surface area contributed by atoms with Crippen molar-refractivity contribution in [2.45, 2.75) is 46.5 Å². The second-order valence-corrected chi connectivity index (χ2v) is 4.52. The van der Waals surface area contributed by atoms with E-state index < -0.39 is 0 Å². The van der Waals surface area contributed by atoms with Crippen LogP contribution >= 0.6 is 0 Å². The number of rotatable bonds is 9. The summed E-state index contributed by atoms with van der Waals surface area (Å²) in [6, 6.07) is 0. The minimum absolute atomic E-state index is 0.493. The van der Waals surface area contributed by atoms with Gasteiger partial charge in [-0.25, -0.2) is 4.98 Å². The van der Waals surface area contributed by atoms with Gasteiger partial charge in [-0.2, -0.15) is 4.98 Å². The summed E-state index contributed by atoms with van der Waals surface area (Å²) in [4.78, 5) is 8.64. The Labute approximate surface area is 115 Å². The van der Waals surface area contributed by atoms with Gasteiger partial charge in [-0.1, -0.05) is 20.3 Å². The van der Waals surface area contributed by atoms with E-state index in [4.69, 9.17) is 15.2 Å². The second kappa shape index (κ2) is 8.69. The van der Waals surface area contributed by atoms with Crippen LogP contribution in [0.25, 0.3) is 0 Å². The third-order valence-electron chi connectivity index (χ3n) is 2.77. The molecule has 0 aromatic carbocycles. The largest absolute Gasteiger partial charge is 0.475 e. The van der Waals surface area contributed by atoms with Crippen molar-refractivity contribution in [2.75, 3.05) is 25.6 Å². The molecule has 1 aromatic rings. The Bertz CT molecular complexity index is 383. The second-order valence-electron chi connectivity index (χ2n) is 4.52. The van der Waals surface area contributed by atoms with Gasteiger partial charge in [0.15, 0.2) is 0 Å². The molecular weight excluding hydrogens is 242 g/mol. The summed E-state index contributed by atoms with van der Waals surface area (Å²) in [6.07, 6.45) is 4.03. The predicted molar refractivity (Wildman–Crippen MR) is 76.4 cm³/mol. The molecule has 0 aliphatic carbocycles. The van der Waals surface area contributed by atoms with Gasteiger partial charge in [-0.15, -0.1) is 0 Å². The number of nitrogens with zero attached hydrogens (tertiary/aromatic N) is 2. The van der Waals surface area contributed by atoms with E-state index in [0.29, 0.717) is 24.9 Å². The van der Waals surface area contributed by atoms with E-state index in [1.807, 2.05) is 6.92 Å². The Hall–Kier alpha value is -1.36. The van der Waals surface area contributed by atoms with E-state index in [0.717, 1.165) is 43.7 Å². The topological polar surface area (TPSA) is 70.3 Å². The first kappa shape index (κ1) is 15.7. The summed E-state index contributed by atoms with van der Waals surface area (Å²) in [5.74, 6) is 1.82. The van der Waals surface area contributed by atoms with Gasteiger partial charge in [0.1, 0.15) is 18.2 Å². The van der Waals surface area contributed by atoms with Crippen molar-refractivity contribution >= 4 is 5.82 Å². The Kier molecular flexibility index (Phi) is 7.18. The minimum atomic E-state index is 0.493. The molecule has 5 nitrogen and oxygen atoms in total. The molecule has 0 atom stereocenters. The van der Waals surface area contributed by atoms with Gasteiger partial charge in [0.05, 0.1) is 12.2 Å². The van der Waals surface area contributed by atoms with Crippen LogP contribution in [0.3, 0.4) is 0 Å². The van der Waals surface area contributed by atoms with Crippen molar-refractivity contribution in [3.8, 4) is 5.88 Å². The number of nitrogens with two attached hydrogens (primary N) is 1. The fourth-order valence-corrected chi connectivity index (χ4v) is 1.58. The van der Waals surface area contributed by atoms with Gasteiger partial charge in [-0.3, -0.25) is 0 Å². The molecule has 0 bridgehead atoms. The molecule has 0 aliphatic heterocycles. The van der Waals surface area contributed by atoms with Crippen molar-refractivity contribution in [3.05, 3.63) is 11.4 Å². The Morgan fingerprint density at radius 2 is 1.84 bits per heavy atom. The van der Waals surface area contributed by atoms with E-state index in [1.54, 1.807) is 0 Å². The van der Waals surface area contributed by atoms with E-state index in [1.165, 1.54) is 0 Å². The lowest BCUT2D eigenvalue weighted by molar-refractivity contribution is 0.0961. The summed E-state index contributed by atoms with van der Waals surface area (Å²) in [5.41, 5.74) is 6.66. The van der Waals surface area contributed by atoms with Crippen LogP contribution in [0.5, 0.6) is 5.88 Å². The van der Waals surface area contributed by atoms with Crippen molar-refractivity contribution in [3.63, 3.8) is 0 Å². The van der Waals surface area contributed by atoms with Crippen molar-refractivity contribution in [2.24, 2.45) is 0 Å². The summed E-state index contributed by atoms with van der Waals surface area (Å²) < 4.78 is 11.1. The van der Waals surface area contributed by atoms with E-state index in [-0.39, 0.29) is 0 Å². The van der Waals surface area contributed by atoms with Crippen molar-refractivity contribution in [1.82, 2.24) is 9.97 Å². The van der Waals surface area contributed by atoms with Gasteiger partial charge in [0, 0.05) is 13.0 Å². The van der Waals surface area contributed by atoms with Crippen LogP contribution in [0, 0.1) is 6.92 Å². The lowest BCUT2D eigenvalue weighted by Gasteiger charge is -2.11. The molecule has 0 saturated carbocycles. The zero-order valence-corrected chi connectivity index (χ0v) is 12.2. The van der Waals surface area contributed by atoms with Crippen LogP contribution in [0.1, 0.15) is 44.5 Å². The lowest BCUT2D eigenvalue weighted by Crippen LogP contribution is -2.11. The highest BCUT2D eigenvalue weighted by Gasteiger charge is 2.09. The van der Waals surface area contributed by atoms with E-state index in [9.17, 15) is 0 Å². The number of ether oxygens (including phenoxy) is 2. The maximum absolute atomic E-state index is 5.86. The molecule has 0 fully saturated rings. The van der Waals surface area contributed by atoms with Crippen molar-refractivity contribution in [1.29, 1.82) is 0 Å². The van der Waals surface area contributed by atoms with Crippen LogP contribution < -0.4 is 10.5 Å². The maximum Gasteiger partial charge on any atom is 0.221 e. The van der Waals surface area contributed by atoms with Crippen LogP contribution in [-0.4, -0.2) is 29.8 Å². The Morgan fingerprint density at radius 1 is 1.05 bits per heavy atom. The molecule has 2 N–H and O–H groups in total. The average molecular weight is 267 g/mol. The Morgan fingerprint density at radius 3 is 2.53 bits per heavy atom. The summed E-state index contributed by atoms with van der Waals surface area (Å²) in [6.45, 7) is 7.95. The predicted octanol–water partition coefficient (Wildman–Crippen LogP) is 2.52. The number of nitrogen functional groups attached to an aromatic ring is 1. The van der Waals surface area contributed by atoms with E-state index in [2.05, 4.69) is 23.8 Å². The molecule has 0 spiro atoms. The molecule has 5 heteroatoms. The standard InChI is InChI=1S/C14H25N3O2/c1-4-6-8-18-9-10-19-14-11(3)13(15)16-12(17-14)7-5-2/h4-10H2,1-3H3,(H2,15,16,17). The van der Waals surface area contributed by atoms with Crippen LogP contribution in [0.2, 0.25) is 0 Å². The first-order chi connectivity index (χ1) is 9.19. The van der Waals surface area contributed by atoms with Gasteiger partial charge in [-0.05, 0) is 19.8 Å². The maximum atomic E-state index is 5.86. The molecule has 1 rings (SSSR count). The fraction of sp³-hybridized carbons (Fsp3) is 0.714. The zero-order chi connectivity index (χ0) is 14.1. The number of aromatic nitrogens is 2. The van der Waals surface area contributed by atoms with Gasteiger partial charge in [0.2, 0.25) is 5.88 Å². The average Bonchev–Trinajstić information content (AvgIpc) is 2.39. The third kappa shape index (κ3) is 5.42. The number of hydrogen-bond acceptors (Lipinski definition) is 5. The molecule has 0 amide bonds. The molecule has 1 heterocycles. The van der Waals surface area contributed by atoms with Gasteiger partial charge in [0.25, 0.3) is 0 Å². The molecule has 108 valence electrons. The molecule has 0 radical (unpaired) electrons. The highest BCUT2D eigenvalue weighted by atomic mass is 16.5. The number of anilines is 1. The van der Waals surface area contributed by atoms with Crippen LogP contribution in [0.15, 0.2) is 0 Å². The monoisotopic (exact) mass is 267 g/mol. The molecule has 19 heavy (non-hydrogen) atoms. The summed E-state index contributed by atoms with van der Waals surface area (Å²) >= 11 is 0. The summed E-state index contributed by atoms with van der Waals surface area (Å²) in [7, 11) is 0. The van der Waals surface area contributed by atoms with Crippen molar-refractivity contribution < 1.29 is 9.47 Å². The third-order valence-corrected chi connectivity index (χ3v) is 2.77. The van der Waals surface area contributed by atoms with Crippen LogP contribution in [-0.2, 0) is 11.2 Å². The lowest BCUT2D eigenvalue weighted by atomic mass is 10.3. The number of aryl methyl sites for hydroxylation is 1. The number of hydrogen-bond donors (Lipinski definition) is 1. The fourth-order valence-electron chi connectivity index (χ4n) is 1.58. The highest BCUT2D eigenvalue weighted by Crippen LogP contribution is 2.19. The minimum Gasteiger partial charge on any atom is -0.475 e. The normalized spacial score (nSPS) is 10.7. The molecular formula is C14H25N3O2. The number of unbranched alkanes of at least 4 members (excludes halogenated alkanes) is 1. The SMILES string of the molecule is CCCCOCCOc1nc(CCC)nc(N)c1C. The van der Waals surface area contributed by atoms with Crippen LogP contribution in [0.4, 0.5) is 5.82 Å². The highest BCUT2D eigenvalue weighted by molar-refractivity contribution is 5.44.